The first-order valence-corrected chi connectivity index (χ1v) is 4.74. The van der Waals surface area contributed by atoms with Gasteiger partial charge in [0.05, 0.1) is 5.60 Å². The molecule has 1 saturated heterocycles. The summed E-state index contributed by atoms with van der Waals surface area (Å²) in [5.41, 5.74) is -1.01. The minimum atomic E-state index is -0.680. The molecule has 3 heteroatoms. The van der Waals surface area contributed by atoms with Gasteiger partial charge in [-0.15, -0.1) is 0 Å². The second-order valence-corrected chi connectivity index (χ2v) is 5.22. The van der Waals surface area contributed by atoms with Crippen LogP contribution in [0.4, 0.5) is 0 Å². The molecule has 1 aliphatic heterocycles. The monoisotopic (exact) mass is 185 g/mol. The van der Waals surface area contributed by atoms with Gasteiger partial charge in [0, 0.05) is 18.5 Å². The Morgan fingerprint density at radius 2 is 2.00 bits per heavy atom. The van der Waals surface area contributed by atoms with Crippen LogP contribution < -0.4 is 0 Å². The summed E-state index contributed by atoms with van der Waals surface area (Å²) < 4.78 is 0. The van der Waals surface area contributed by atoms with E-state index in [9.17, 15) is 9.90 Å². The van der Waals surface area contributed by atoms with Crippen LogP contribution in [0.15, 0.2) is 0 Å². The molecule has 1 rings (SSSR count). The number of β-amino-alcohol motifs (C(OH)–C–C–N with tert-alkyl or cyclic N) is 1. The molecule has 0 aliphatic carbocycles. The van der Waals surface area contributed by atoms with E-state index in [1.165, 1.54) is 0 Å². The van der Waals surface area contributed by atoms with Gasteiger partial charge in [-0.05, 0) is 13.3 Å². The molecule has 0 bridgehead atoms. The number of rotatable bonds is 0. The Bertz CT molecular complexity index is 215. The van der Waals surface area contributed by atoms with Crippen LogP contribution in [0.1, 0.15) is 34.1 Å². The first-order valence-electron chi connectivity index (χ1n) is 4.74. The van der Waals surface area contributed by atoms with Crippen molar-refractivity contribution in [1.82, 2.24) is 4.90 Å². The highest BCUT2D eigenvalue weighted by Crippen LogP contribution is 2.25. The molecule has 1 N–H and O–H groups in total. The number of amides is 1. The Morgan fingerprint density at radius 3 is 2.31 bits per heavy atom. The molecule has 0 radical (unpaired) electrons. The van der Waals surface area contributed by atoms with Gasteiger partial charge in [0.15, 0.2) is 0 Å². The lowest BCUT2D eigenvalue weighted by molar-refractivity contribution is -0.139. The van der Waals surface area contributed by atoms with Crippen LogP contribution in [-0.4, -0.2) is 34.6 Å². The SMILES string of the molecule is CC(C)(C)C(=O)N1CC[C@@](C)(O)C1. The van der Waals surface area contributed by atoms with E-state index < -0.39 is 5.60 Å². The second-order valence-electron chi connectivity index (χ2n) is 5.22. The quantitative estimate of drug-likeness (QED) is 0.612. The zero-order chi connectivity index (χ0) is 10.3. The molecule has 0 aromatic carbocycles. The average Bonchev–Trinajstić information content (AvgIpc) is 2.26. The fourth-order valence-corrected chi connectivity index (χ4v) is 1.59. The summed E-state index contributed by atoms with van der Waals surface area (Å²) >= 11 is 0. The first kappa shape index (κ1) is 10.5. The summed E-state index contributed by atoms with van der Waals surface area (Å²) in [5, 5.41) is 9.69. The van der Waals surface area contributed by atoms with Crippen molar-refractivity contribution in [1.29, 1.82) is 0 Å². The standard InChI is InChI=1S/C10H19NO2/c1-9(2,3)8(12)11-6-5-10(4,13)7-11/h13H,5-7H2,1-4H3/t10-/m1/s1. The van der Waals surface area contributed by atoms with Crippen LogP contribution >= 0.6 is 0 Å². The summed E-state index contributed by atoms with van der Waals surface area (Å²) in [5.74, 6) is 0.130. The third-order valence-corrected chi connectivity index (χ3v) is 2.38. The molecule has 1 fully saturated rings. The Kier molecular flexibility index (Phi) is 2.41. The van der Waals surface area contributed by atoms with Crippen LogP contribution in [0, 0.1) is 5.41 Å². The van der Waals surface area contributed by atoms with E-state index in [1.54, 1.807) is 11.8 Å². The summed E-state index contributed by atoms with van der Waals surface area (Å²) in [4.78, 5) is 13.5. The van der Waals surface area contributed by atoms with E-state index in [0.717, 1.165) is 0 Å². The van der Waals surface area contributed by atoms with Crippen LogP contribution in [0.5, 0.6) is 0 Å². The fraction of sp³-hybridized carbons (Fsp3) is 0.900. The van der Waals surface area contributed by atoms with Crippen molar-refractivity contribution in [3.8, 4) is 0 Å². The molecular weight excluding hydrogens is 166 g/mol. The first-order chi connectivity index (χ1) is 5.72. The van der Waals surface area contributed by atoms with Crippen LogP contribution in [-0.2, 0) is 4.79 Å². The van der Waals surface area contributed by atoms with Crippen LogP contribution in [0.3, 0.4) is 0 Å². The smallest absolute Gasteiger partial charge is 0.228 e. The molecule has 1 atom stereocenters. The van der Waals surface area contributed by atoms with E-state index in [1.807, 2.05) is 20.8 Å². The van der Waals surface area contributed by atoms with Crippen molar-refractivity contribution in [2.75, 3.05) is 13.1 Å². The molecular formula is C10H19NO2. The highest BCUT2D eigenvalue weighted by molar-refractivity contribution is 5.81. The van der Waals surface area contributed by atoms with E-state index in [2.05, 4.69) is 0 Å². The number of likely N-dealkylation sites (tertiary alicyclic amines) is 1. The molecule has 1 heterocycles. The minimum absolute atomic E-state index is 0.130. The molecule has 0 spiro atoms. The molecule has 0 saturated carbocycles. The van der Waals surface area contributed by atoms with Crippen LogP contribution in [0.25, 0.3) is 0 Å². The van der Waals surface area contributed by atoms with Gasteiger partial charge in [0.25, 0.3) is 0 Å². The second kappa shape index (κ2) is 2.98. The van der Waals surface area contributed by atoms with Gasteiger partial charge >= 0.3 is 0 Å². The lowest BCUT2D eigenvalue weighted by Gasteiger charge is -2.26. The number of aliphatic hydroxyl groups is 1. The Labute approximate surface area is 79.7 Å². The third-order valence-electron chi connectivity index (χ3n) is 2.38. The number of carbonyl (C=O) groups excluding carboxylic acids is 1. The zero-order valence-electron chi connectivity index (χ0n) is 8.92. The Hall–Kier alpha value is -0.570. The molecule has 1 amide bonds. The van der Waals surface area contributed by atoms with E-state index in [0.29, 0.717) is 19.5 Å². The minimum Gasteiger partial charge on any atom is -0.388 e. The summed E-state index contributed by atoms with van der Waals surface area (Å²) in [7, 11) is 0. The highest BCUT2D eigenvalue weighted by Gasteiger charge is 2.37. The topological polar surface area (TPSA) is 40.5 Å². The van der Waals surface area contributed by atoms with Gasteiger partial charge in [-0.3, -0.25) is 4.79 Å². The summed E-state index contributed by atoms with van der Waals surface area (Å²) in [6, 6.07) is 0. The zero-order valence-corrected chi connectivity index (χ0v) is 8.92. The van der Waals surface area contributed by atoms with Crippen molar-refractivity contribution < 1.29 is 9.90 Å². The van der Waals surface area contributed by atoms with Crippen molar-refractivity contribution in [3.05, 3.63) is 0 Å². The van der Waals surface area contributed by atoms with Gasteiger partial charge in [0.2, 0.25) is 5.91 Å². The van der Waals surface area contributed by atoms with E-state index in [-0.39, 0.29) is 11.3 Å². The maximum atomic E-state index is 11.8. The maximum absolute atomic E-state index is 11.8. The van der Waals surface area contributed by atoms with Gasteiger partial charge in [-0.25, -0.2) is 0 Å². The molecule has 0 aromatic rings. The maximum Gasteiger partial charge on any atom is 0.228 e. The van der Waals surface area contributed by atoms with Crippen molar-refractivity contribution >= 4 is 5.91 Å². The highest BCUT2D eigenvalue weighted by atomic mass is 16.3. The largest absolute Gasteiger partial charge is 0.388 e. The summed E-state index contributed by atoms with van der Waals surface area (Å²) in [6.07, 6.45) is 0.689. The normalized spacial score (nSPS) is 29.5. The fourth-order valence-electron chi connectivity index (χ4n) is 1.59. The van der Waals surface area contributed by atoms with Gasteiger partial charge in [-0.1, -0.05) is 20.8 Å². The molecule has 0 aromatic heterocycles. The van der Waals surface area contributed by atoms with Gasteiger partial charge < -0.3 is 10.0 Å². The van der Waals surface area contributed by atoms with Gasteiger partial charge in [0.1, 0.15) is 0 Å². The number of carbonyl (C=O) groups is 1. The lowest BCUT2D eigenvalue weighted by Crippen LogP contribution is -2.40. The van der Waals surface area contributed by atoms with Gasteiger partial charge in [-0.2, -0.15) is 0 Å². The molecule has 1 aliphatic rings. The Balaban J connectivity index is 2.62. The van der Waals surface area contributed by atoms with Crippen molar-refractivity contribution in [3.63, 3.8) is 0 Å². The Morgan fingerprint density at radius 1 is 1.46 bits per heavy atom. The summed E-state index contributed by atoms with van der Waals surface area (Å²) in [6.45, 7) is 8.66. The van der Waals surface area contributed by atoms with Crippen molar-refractivity contribution in [2.45, 2.75) is 39.7 Å². The average molecular weight is 185 g/mol. The third kappa shape index (κ3) is 2.44. The van der Waals surface area contributed by atoms with E-state index in [4.69, 9.17) is 0 Å². The number of nitrogens with zero attached hydrogens (tertiary/aromatic N) is 1. The van der Waals surface area contributed by atoms with E-state index >= 15 is 0 Å². The molecule has 76 valence electrons. The predicted octanol–water partition coefficient (Wildman–Crippen LogP) is 1.02. The van der Waals surface area contributed by atoms with Crippen molar-refractivity contribution in [2.24, 2.45) is 5.41 Å². The number of hydrogen-bond donors (Lipinski definition) is 1. The van der Waals surface area contributed by atoms with Crippen LogP contribution in [0.2, 0.25) is 0 Å². The molecule has 3 nitrogen and oxygen atoms in total. The molecule has 13 heavy (non-hydrogen) atoms. The molecule has 0 unspecified atom stereocenters. The predicted molar refractivity (Wildman–Crippen MR) is 51.3 cm³/mol. The number of hydrogen-bond acceptors (Lipinski definition) is 2. The lowest BCUT2D eigenvalue weighted by atomic mass is 9.95.